The quantitative estimate of drug-likeness (QED) is 0.339. The fourth-order valence-electron chi connectivity index (χ4n) is 1.50. The van der Waals surface area contributed by atoms with Gasteiger partial charge in [0.15, 0.2) is 0 Å². The lowest BCUT2D eigenvalue weighted by Gasteiger charge is -2.17. The van der Waals surface area contributed by atoms with Crippen LogP contribution < -0.4 is 5.32 Å². The average Bonchev–Trinajstić information content (AvgIpc) is 2.49. The zero-order chi connectivity index (χ0) is 19.6. The van der Waals surface area contributed by atoms with E-state index in [1.165, 1.54) is 0 Å². The van der Waals surface area contributed by atoms with Gasteiger partial charge in [-0.05, 0) is 20.8 Å². The van der Waals surface area contributed by atoms with Gasteiger partial charge in [-0.1, -0.05) is 25.6 Å². The van der Waals surface area contributed by atoms with Crippen molar-refractivity contribution in [2.24, 2.45) is 5.92 Å². The number of Topliss-reactive ketones (excluding diaryl/α,β-unsaturated/α-hetero) is 1. The topological polar surface area (TPSA) is 116 Å². The Morgan fingerprint density at radius 3 is 2.12 bits per heavy atom. The van der Waals surface area contributed by atoms with Crippen LogP contribution in [0.5, 0.6) is 0 Å². The predicted molar refractivity (Wildman–Crippen MR) is 91.7 cm³/mol. The van der Waals surface area contributed by atoms with Crippen LogP contribution in [-0.2, 0) is 33.4 Å². The van der Waals surface area contributed by atoms with Gasteiger partial charge >= 0.3 is 11.9 Å². The number of nitrogens with one attached hydrogen (secondary N) is 1. The van der Waals surface area contributed by atoms with Gasteiger partial charge < -0.3 is 14.8 Å². The molecule has 9 heteroatoms. The molecule has 1 N–H and O–H groups in total. The van der Waals surface area contributed by atoms with E-state index in [-0.39, 0.29) is 30.3 Å². The molecule has 8 nitrogen and oxygen atoms in total. The van der Waals surface area contributed by atoms with E-state index >= 15 is 0 Å². The maximum atomic E-state index is 11.9. The van der Waals surface area contributed by atoms with Crippen molar-refractivity contribution in [2.75, 3.05) is 12.4 Å². The molecule has 0 spiro atoms. The highest BCUT2D eigenvalue weighted by Gasteiger charge is 2.27. The Hall–Kier alpha value is -1.90. The minimum absolute atomic E-state index is 0.117. The molecule has 0 aliphatic rings. The molecule has 0 aliphatic carbocycles. The lowest BCUT2D eigenvalue weighted by molar-refractivity contribution is -0.150. The van der Waals surface area contributed by atoms with Gasteiger partial charge in [0.2, 0.25) is 11.7 Å². The summed E-state index contributed by atoms with van der Waals surface area (Å²) in [6.07, 6.45) is -1.05. The first-order valence-corrected chi connectivity index (χ1v) is 8.93. The first-order valence-electron chi connectivity index (χ1n) is 7.94. The summed E-state index contributed by atoms with van der Waals surface area (Å²) in [5, 5.41) is 1.59. The molecule has 1 atom stereocenters. The van der Waals surface area contributed by atoms with Crippen LogP contribution in [0.25, 0.3) is 0 Å². The molecular weight excluding hydrogens is 350 g/mol. The summed E-state index contributed by atoms with van der Waals surface area (Å²) >= 11 is 0.550. The molecule has 0 aromatic carbocycles. The van der Waals surface area contributed by atoms with Crippen LogP contribution in [0.2, 0.25) is 0 Å². The second-order valence-corrected chi connectivity index (χ2v) is 6.70. The highest BCUT2D eigenvalue weighted by atomic mass is 32.2. The largest absolute Gasteiger partial charge is 0.464 e. The fraction of sp³-hybridized carbons (Fsp3) is 0.688. The lowest BCUT2D eigenvalue weighted by atomic mass is 10.2. The second-order valence-electron chi connectivity index (χ2n) is 5.70. The molecule has 0 heterocycles. The summed E-state index contributed by atoms with van der Waals surface area (Å²) in [4.78, 5) is 58.5. The number of carbonyl (C=O) groups is 5. The van der Waals surface area contributed by atoms with Gasteiger partial charge in [-0.3, -0.25) is 19.2 Å². The van der Waals surface area contributed by atoms with Crippen LogP contribution in [-0.4, -0.2) is 53.2 Å². The van der Waals surface area contributed by atoms with E-state index in [2.05, 4.69) is 5.32 Å². The van der Waals surface area contributed by atoms with Gasteiger partial charge in [0.25, 0.3) is 5.12 Å². The maximum Gasteiger partial charge on any atom is 0.329 e. The third-order valence-electron chi connectivity index (χ3n) is 2.69. The molecule has 0 saturated heterocycles. The second kappa shape index (κ2) is 11.6. The molecule has 25 heavy (non-hydrogen) atoms. The van der Waals surface area contributed by atoms with Crippen molar-refractivity contribution in [1.82, 2.24) is 5.32 Å². The summed E-state index contributed by atoms with van der Waals surface area (Å²) in [5.41, 5.74) is 0. The number of rotatable bonds is 10. The van der Waals surface area contributed by atoms with Crippen molar-refractivity contribution < 1.29 is 33.4 Å². The number of esters is 2. The Bertz CT molecular complexity index is 517. The number of carbonyl (C=O) groups excluding carboxylic acids is 5. The van der Waals surface area contributed by atoms with E-state index in [1.807, 2.05) is 0 Å². The van der Waals surface area contributed by atoms with Gasteiger partial charge in [-0.2, -0.15) is 0 Å². The number of hydrogen-bond donors (Lipinski definition) is 1. The minimum atomic E-state index is -1.06. The Morgan fingerprint density at radius 1 is 1.04 bits per heavy atom. The smallest absolute Gasteiger partial charge is 0.329 e. The van der Waals surface area contributed by atoms with Crippen LogP contribution >= 0.6 is 11.8 Å². The Labute approximate surface area is 151 Å². The summed E-state index contributed by atoms with van der Waals surface area (Å²) in [7, 11) is 0. The summed E-state index contributed by atoms with van der Waals surface area (Å²) in [6, 6.07) is -1.06. The van der Waals surface area contributed by atoms with Gasteiger partial charge in [0, 0.05) is 11.7 Å². The van der Waals surface area contributed by atoms with Crippen LogP contribution in [0.1, 0.15) is 41.0 Å². The van der Waals surface area contributed by atoms with Crippen molar-refractivity contribution in [3.05, 3.63) is 0 Å². The Morgan fingerprint density at radius 2 is 1.64 bits per heavy atom. The molecule has 1 unspecified atom stereocenters. The van der Waals surface area contributed by atoms with Crippen molar-refractivity contribution in [3.8, 4) is 0 Å². The number of hydrogen-bond acceptors (Lipinski definition) is 8. The van der Waals surface area contributed by atoms with E-state index in [9.17, 15) is 24.0 Å². The zero-order valence-corrected chi connectivity index (χ0v) is 15.9. The number of ketones is 1. The normalized spacial score (nSPS) is 11.8. The molecule has 1 amide bonds. The molecule has 0 fully saturated rings. The van der Waals surface area contributed by atoms with Gasteiger partial charge in [0.1, 0.15) is 12.5 Å². The van der Waals surface area contributed by atoms with Crippen molar-refractivity contribution in [2.45, 2.75) is 53.2 Å². The number of ether oxygens (including phenoxy) is 2. The standard InChI is InChI=1S/C16H25NO7S/c1-6-23-15(21)11(17-14(20)9(2)3)8-25-16(22)12(18)7-13(19)24-10(4)5/h9-11H,6-8H2,1-5H3,(H,17,20). The average molecular weight is 375 g/mol. The van der Waals surface area contributed by atoms with Crippen molar-refractivity contribution in [3.63, 3.8) is 0 Å². The molecule has 0 saturated carbocycles. The molecule has 142 valence electrons. The molecule has 0 aromatic heterocycles. The molecule has 0 aromatic rings. The minimum Gasteiger partial charge on any atom is -0.464 e. The first-order chi connectivity index (χ1) is 11.6. The predicted octanol–water partition coefficient (Wildman–Crippen LogP) is 0.861. The zero-order valence-electron chi connectivity index (χ0n) is 15.1. The van der Waals surface area contributed by atoms with Crippen LogP contribution in [0.3, 0.4) is 0 Å². The van der Waals surface area contributed by atoms with Crippen LogP contribution in [0.4, 0.5) is 0 Å². The molecule has 0 bridgehead atoms. The van der Waals surface area contributed by atoms with E-state index in [4.69, 9.17) is 9.47 Å². The molecule has 0 aliphatic heterocycles. The SMILES string of the molecule is CCOC(=O)C(CSC(=O)C(=O)CC(=O)OC(C)C)NC(=O)C(C)C. The molecule has 0 rings (SSSR count). The summed E-state index contributed by atoms with van der Waals surface area (Å²) < 4.78 is 9.64. The highest BCUT2D eigenvalue weighted by molar-refractivity contribution is 8.15. The van der Waals surface area contributed by atoms with Gasteiger partial charge in [-0.25, -0.2) is 4.79 Å². The van der Waals surface area contributed by atoms with Gasteiger partial charge in [-0.15, -0.1) is 0 Å². The molecular formula is C16H25NO7S. The highest BCUT2D eigenvalue weighted by Crippen LogP contribution is 2.10. The van der Waals surface area contributed by atoms with Crippen molar-refractivity contribution in [1.29, 1.82) is 0 Å². The monoisotopic (exact) mass is 375 g/mol. The summed E-state index contributed by atoms with van der Waals surface area (Å²) in [6.45, 7) is 8.28. The molecule has 0 radical (unpaired) electrons. The fourth-order valence-corrected chi connectivity index (χ4v) is 2.27. The van der Waals surface area contributed by atoms with Crippen LogP contribution in [0.15, 0.2) is 0 Å². The third-order valence-corrected chi connectivity index (χ3v) is 3.68. The number of thioether (sulfide) groups is 1. The Kier molecular flexibility index (Phi) is 10.7. The van der Waals surface area contributed by atoms with E-state index < -0.39 is 35.3 Å². The van der Waals surface area contributed by atoms with Crippen molar-refractivity contribution >= 4 is 40.5 Å². The third kappa shape index (κ3) is 9.85. The van der Waals surface area contributed by atoms with E-state index in [0.29, 0.717) is 11.8 Å². The Balaban J connectivity index is 4.67. The van der Waals surface area contributed by atoms with E-state index in [1.54, 1.807) is 34.6 Å². The first kappa shape index (κ1) is 23.1. The number of amides is 1. The maximum absolute atomic E-state index is 11.9. The lowest BCUT2D eigenvalue weighted by Crippen LogP contribution is -2.45. The van der Waals surface area contributed by atoms with Crippen LogP contribution in [0, 0.1) is 5.92 Å². The van der Waals surface area contributed by atoms with E-state index in [0.717, 1.165) is 0 Å². The van der Waals surface area contributed by atoms with Gasteiger partial charge in [0.05, 0.1) is 12.7 Å². The summed E-state index contributed by atoms with van der Waals surface area (Å²) in [5.74, 6) is -3.30.